The molecule has 39 heavy (non-hydrogen) atoms. The number of rotatable bonds is 7. The van der Waals surface area contributed by atoms with Crippen LogP contribution < -0.4 is 15.6 Å². The summed E-state index contributed by atoms with van der Waals surface area (Å²) in [5.74, 6) is -4.62. The van der Waals surface area contributed by atoms with Crippen molar-refractivity contribution in [3.05, 3.63) is 87.1 Å². The van der Waals surface area contributed by atoms with Crippen molar-refractivity contribution in [2.24, 2.45) is 0 Å². The Labute approximate surface area is 223 Å². The van der Waals surface area contributed by atoms with Gasteiger partial charge in [0.15, 0.2) is 5.75 Å². The lowest BCUT2D eigenvalue weighted by Gasteiger charge is -2.35. The molecule has 0 saturated carbocycles. The molecule has 3 aromatic rings. The molecule has 1 aliphatic rings. The van der Waals surface area contributed by atoms with Crippen LogP contribution in [-0.4, -0.2) is 44.9 Å². The number of aromatic nitrogens is 2. The van der Waals surface area contributed by atoms with E-state index in [9.17, 15) is 27.6 Å². The number of H-pyrrole nitrogens is 1. The Morgan fingerprint density at radius 3 is 2.54 bits per heavy atom. The third kappa shape index (κ3) is 6.13. The van der Waals surface area contributed by atoms with Gasteiger partial charge >= 0.3 is 5.56 Å². The number of likely N-dealkylation sites (tertiary alicyclic amines) is 1. The van der Waals surface area contributed by atoms with E-state index in [0.29, 0.717) is 22.6 Å². The fraction of sp³-hybridized carbons (Fsp3) is 0.357. The minimum atomic E-state index is -3.19. The highest BCUT2D eigenvalue weighted by Gasteiger charge is 2.49. The Morgan fingerprint density at radius 1 is 1.13 bits per heavy atom. The number of nitrogens with one attached hydrogen (secondary N) is 2. The lowest BCUT2D eigenvalue weighted by Crippen LogP contribution is -2.53. The maximum absolute atomic E-state index is 14.5. The van der Waals surface area contributed by atoms with Gasteiger partial charge in [0.05, 0.1) is 17.8 Å². The van der Waals surface area contributed by atoms with Gasteiger partial charge in [0.2, 0.25) is 5.91 Å². The number of carbonyl (C=O) groups excluding carboxylic acids is 2. The number of nitrogens with zero attached hydrogens (tertiary/aromatic N) is 2. The largest absolute Gasteiger partial charge is 0.451 e. The average Bonchev–Trinajstić information content (AvgIpc) is 3.33. The number of ether oxygens (including phenoxy) is 1. The molecule has 2 amide bonds. The Balaban J connectivity index is 1.51. The van der Waals surface area contributed by atoms with Crippen molar-refractivity contribution in [1.29, 1.82) is 0 Å². The van der Waals surface area contributed by atoms with Gasteiger partial charge in [-0.3, -0.25) is 14.4 Å². The van der Waals surface area contributed by atoms with Gasteiger partial charge in [0.1, 0.15) is 17.6 Å². The summed E-state index contributed by atoms with van der Waals surface area (Å²) in [7, 11) is 0. The molecule has 8 nitrogen and oxygen atoms in total. The molecule has 1 unspecified atom stereocenters. The van der Waals surface area contributed by atoms with Crippen molar-refractivity contribution < 1.29 is 27.5 Å². The summed E-state index contributed by atoms with van der Waals surface area (Å²) < 4.78 is 48.5. The molecule has 2 heterocycles. The lowest BCUT2D eigenvalue weighted by molar-refractivity contribution is -0.144. The highest BCUT2D eigenvalue weighted by molar-refractivity contribution is 5.98. The summed E-state index contributed by atoms with van der Waals surface area (Å²) in [6.07, 6.45) is 0.280. The van der Waals surface area contributed by atoms with Crippen LogP contribution in [0.15, 0.2) is 53.3 Å². The number of aryl methyl sites for hydroxylation is 2. The van der Waals surface area contributed by atoms with E-state index < -0.39 is 47.2 Å². The van der Waals surface area contributed by atoms with Crippen molar-refractivity contribution in [2.45, 2.75) is 64.6 Å². The summed E-state index contributed by atoms with van der Waals surface area (Å²) in [6.45, 7) is 5.56. The monoisotopic (exact) mass is 542 g/mol. The van der Waals surface area contributed by atoms with Crippen LogP contribution in [0.25, 0.3) is 0 Å². The van der Waals surface area contributed by atoms with Crippen LogP contribution in [0.5, 0.6) is 11.5 Å². The van der Waals surface area contributed by atoms with Crippen molar-refractivity contribution in [3.63, 3.8) is 0 Å². The molecule has 4 rings (SSSR count). The zero-order chi connectivity index (χ0) is 28.5. The second kappa shape index (κ2) is 10.9. The molecule has 0 aliphatic carbocycles. The Kier molecular flexibility index (Phi) is 7.80. The van der Waals surface area contributed by atoms with E-state index >= 15 is 0 Å². The maximum atomic E-state index is 14.5. The van der Waals surface area contributed by atoms with Crippen molar-refractivity contribution in [2.75, 3.05) is 0 Å². The van der Waals surface area contributed by atoms with E-state index in [1.807, 2.05) is 0 Å². The molecule has 0 spiro atoms. The van der Waals surface area contributed by atoms with E-state index in [1.165, 1.54) is 49.4 Å². The minimum Gasteiger partial charge on any atom is -0.451 e. The van der Waals surface area contributed by atoms with Crippen molar-refractivity contribution >= 4 is 11.8 Å². The molecule has 1 aromatic heterocycles. The van der Waals surface area contributed by atoms with Gasteiger partial charge in [0, 0.05) is 18.6 Å². The van der Waals surface area contributed by atoms with Crippen molar-refractivity contribution in [3.8, 4) is 11.5 Å². The second-order valence-electron chi connectivity index (χ2n) is 9.85. The molecule has 0 bridgehead atoms. The molecule has 11 heteroatoms. The minimum absolute atomic E-state index is 0.0393. The number of aromatic amines is 1. The van der Waals surface area contributed by atoms with Crippen LogP contribution in [0, 0.1) is 19.7 Å². The number of carbonyl (C=O) groups is 2. The molecule has 2 N–H and O–H groups in total. The number of benzene rings is 2. The van der Waals surface area contributed by atoms with Gasteiger partial charge in [-0.05, 0) is 75.1 Å². The average molecular weight is 543 g/mol. The first-order valence-corrected chi connectivity index (χ1v) is 12.5. The number of amides is 2. The van der Waals surface area contributed by atoms with Gasteiger partial charge in [-0.1, -0.05) is 12.1 Å². The highest BCUT2D eigenvalue weighted by atomic mass is 19.3. The van der Waals surface area contributed by atoms with Gasteiger partial charge < -0.3 is 15.0 Å². The van der Waals surface area contributed by atoms with Crippen LogP contribution in [0.3, 0.4) is 0 Å². The Bertz CT molecular complexity index is 1450. The molecule has 1 fully saturated rings. The third-order valence-corrected chi connectivity index (χ3v) is 6.73. The van der Waals surface area contributed by atoms with Crippen LogP contribution in [0.2, 0.25) is 0 Å². The smallest absolute Gasteiger partial charge is 0.307 e. The summed E-state index contributed by atoms with van der Waals surface area (Å²) in [5.41, 5.74) is 1.22. The van der Waals surface area contributed by atoms with Gasteiger partial charge in [-0.2, -0.15) is 5.10 Å². The van der Waals surface area contributed by atoms with Crippen LogP contribution >= 0.6 is 0 Å². The first-order valence-electron chi connectivity index (χ1n) is 12.5. The Hall–Kier alpha value is -4.15. The first-order chi connectivity index (χ1) is 18.3. The number of alkyl halides is 2. The molecular weight excluding hydrogens is 513 g/mol. The summed E-state index contributed by atoms with van der Waals surface area (Å²) in [4.78, 5) is 39.5. The zero-order valence-corrected chi connectivity index (χ0v) is 21.9. The zero-order valence-electron chi connectivity index (χ0n) is 21.9. The number of hydrogen-bond acceptors (Lipinski definition) is 5. The summed E-state index contributed by atoms with van der Waals surface area (Å²) in [6, 6.07) is 8.26. The number of hydrogen-bond donors (Lipinski definition) is 2. The molecule has 2 aromatic carbocycles. The maximum Gasteiger partial charge on any atom is 0.307 e. The lowest BCUT2D eigenvalue weighted by atomic mass is 10.0. The molecule has 0 radical (unpaired) electrons. The first kappa shape index (κ1) is 27.9. The summed E-state index contributed by atoms with van der Waals surface area (Å²) in [5, 5.41) is 8.71. The molecule has 3 atom stereocenters. The molecule has 206 valence electrons. The van der Waals surface area contributed by atoms with Gasteiger partial charge in [-0.15, -0.1) is 0 Å². The normalized spacial score (nSPS) is 18.1. The highest BCUT2D eigenvalue weighted by Crippen LogP contribution is 2.42. The third-order valence-electron chi connectivity index (χ3n) is 6.73. The van der Waals surface area contributed by atoms with Crippen LogP contribution in [0.4, 0.5) is 13.2 Å². The SMILES string of the molecule is Cc1cc(Oc2ccc(C(=O)N[C@H](C)C(=O)N3C(C(C)(F)F)CC[C@H]3c3cccc(F)c3)cc2C)c(=O)[nH]n1. The molecule has 1 aliphatic heterocycles. The van der Waals surface area contributed by atoms with E-state index in [1.54, 1.807) is 19.9 Å². The Morgan fingerprint density at radius 2 is 1.87 bits per heavy atom. The second-order valence-corrected chi connectivity index (χ2v) is 9.85. The fourth-order valence-corrected chi connectivity index (χ4v) is 4.80. The summed E-state index contributed by atoms with van der Waals surface area (Å²) >= 11 is 0. The van der Waals surface area contributed by atoms with Crippen LogP contribution in [0.1, 0.15) is 59.9 Å². The van der Waals surface area contributed by atoms with Crippen LogP contribution in [-0.2, 0) is 4.79 Å². The van der Waals surface area contributed by atoms with E-state index in [0.717, 1.165) is 11.8 Å². The predicted octanol–water partition coefficient (Wildman–Crippen LogP) is 4.82. The van der Waals surface area contributed by atoms with E-state index in [4.69, 9.17) is 4.74 Å². The van der Waals surface area contributed by atoms with Crippen molar-refractivity contribution in [1.82, 2.24) is 20.4 Å². The molecular formula is C28H29F3N4O4. The predicted molar refractivity (Wildman–Crippen MR) is 137 cm³/mol. The van der Waals surface area contributed by atoms with E-state index in [-0.39, 0.29) is 24.2 Å². The number of halogens is 3. The van der Waals surface area contributed by atoms with Gasteiger partial charge in [-0.25, -0.2) is 18.3 Å². The standard InChI is InChI=1S/C28H29F3N4O4/c1-15-12-19(8-10-22(15)39-23-13-16(2)33-34-26(23)37)25(36)32-17(3)27(38)35-21(9-11-24(35)28(4,30)31)18-6-5-7-20(29)14-18/h5-8,10,12-14,17,21,24H,9,11H2,1-4H3,(H,32,36)(H,34,37)/t17-,21+,24?/m1/s1. The fourth-order valence-electron chi connectivity index (χ4n) is 4.80. The topological polar surface area (TPSA) is 104 Å². The quantitative estimate of drug-likeness (QED) is 0.445. The van der Waals surface area contributed by atoms with E-state index in [2.05, 4.69) is 15.5 Å². The molecule has 1 saturated heterocycles. The van der Waals surface area contributed by atoms with Gasteiger partial charge in [0.25, 0.3) is 11.8 Å².